The molecule has 1 aromatic rings. The number of unbranched alkanes of at least 4 members (excludes halogenated alkanes) is 2. The lowest BCUT2D eigenvalue weighted by atomic mass is 9.77. The zero-order chi connectivity index (χ0) is 41.3. The first kappa shape index (κ1) is 46.7. The minimum atomic E-state index is -4.46. The Balaban J connectivity index is 2.03. The van der Waals surface area contributed by atoms with Gasteiger partial charge >= 0.3 is 12.0 Å². The molecule has 1 heterocycles. The lowest BCUT2D eigenvalue weighted by molar-refractivity contribution is -0.154. The molecule has 15 nitrogen and oxygen atoms in total. The summed E-state index contributed by atoms with van der Waals surface area (Å²) >= 11 is 0. The molecule has 0 spiro atoms. The number of benzene rings is 1. The summed E-state index contributed by atoms with van der Waals surface area (Å²) in [4.78, 5) is 87.7. The zero-order valence-electron chi connectivity index (χ0n) is 32.6. The van der Waals surface area contributed by atoms with Gasteiger partial charge in [-0.2, -0.15) is 8.42 Å². The highest BCUT2D eigenvalue weighted by Crippen LogP contribution is 2.31. The molecule has 0 saturated heterocycles. The molecular formula is C39H58N4O11S. The third kappa shape index (κ3) is 18.2. The second-order valence-electron chi connectivity index (χ2n) is 15.6. The molecule has 0 aliphatic carbocycles. The van der Waals surface area contributed by atoms with Crippen LogP contribution in [0, 0.1) is 29.1 Å². The fourth-order valence-electron chi connectivity index (χ4n) is 6.42. The number of hydrogen-bond acceptors (Lipinski definition) is 10. The van der Waals surface area contributed by atoms with E-state index in [4.69, 9.17) is 10.5 Å². The maximum atomic E-state index is 13.4. The fourth-order valence-corrected chi connectivity index (χ4v) is 7.32. The fraction of sp³-hybridized carbons (Fsp3) is 0.615. The number of nitrogens with zero attached hydrogens (tertiary/aromatic N) is 1. The summed E-state index contributed by atoms with van der Waals surface area (Å²) < 4.78 is 39.2. The number of esters is 1. The van der Waals surface area contributed by atoms with E-state index in [0.717, 1.165) is 10.5 Å². The number of primary amides is 1. The number of urea groups is 1. The Bertz CT molecular complexity index is 1630. The van der Waals surface area contributed by atoms with E-state index in [9.17, 15) is 46.5 Å². The quantitative estimate of drug-likeness (QED) is 0.0457. The second-order valence-corrected chi connectivity index (χ2v) is 17.1. The summed E-state index contributed by atoms with van der Waals surface area (Å²) in [6.07, 6.45) is 4.76. The molecule has 2 rings (SSSR count). The number of nitrogens with one attached hydrogen (secondary N) is 2. The number of carbonyl (C=O) groups is 7. The smallest absolute Gasteiger partial charge is 0.312 e. The summed E-state index contributed by atoms with van der Waals surface area (Å²) in [5.74, 6) is -4.65. The van der Waals surface area contributed by atoms with Crippen LogP contribution < -0.4 is 16.4 Å². The first-order valence-electron chi connectivity index (χ1n) is 18.8. The van der Waals surface area contributed by atoms with Crippen molar-refractivity contribution >= 4 is 57.1 Å². The van der Waals surface area contributed by atoms with Crippen molar-refractivity contribution in [2.75, 3.05) is 24.2 Å². The van der Waals surface area contributed by atoms with Gasteiger partial charge in [0.15, 0.2) is 0 Å². The van der Waals surface area contributed by atoms with Crippen molar-refractivity contribution in [1.82, 2.24) is 10.2 Å². The minimum absolute atomic E-state index is 0.00705. The van der Waals surface area contributed by atoms with Gasteiger partial charge in [0, 0.05) is 62.5 Å². The van der Waals surface area contributed by atoms with Gasteiger partial charge < -0.3 is 21.1 Å². The topological polar surface area (TPSA) is 236 Å². The highest BCUT2D eigenvalue weighted by molar-refractivity contribution is 7.85. The van der Waals surface area contributed by atoms with E-state index in [1.54, 1.807) is 45.0 Å². The van der Waals surface area contributed by atoms with E-state index >= 15 is 0 Å². The van der Waals surface area contributed by atoms with Gasteiger partial charge in [0.25, 0.3) is 21.9 Å². The van der Waals surface area contributed by atoms with E-state index in [1.807, 2.05) is 13.8 Å². The van der Waals surface area contributed by atoms with Crippen molar-refractivity contribution in [3.63, 3.8) is 0 Å². The van der Waals surface area contributed by atoms with Crippen LogP contribution in [0.5, 0.6) is 0 Å². The Morgan fingerprint density at radius 3 is 2.05 bits per heavy atom. The molecule has 5 amide bonds. The van der Waals surface area contributed by atoms with Crippen LogP contribution in [0.1, 0.15) is 104 Å². The molecule has 55 heavy (non-hydrogen) atoms. The van der Waals surface area contributed by atoms with Crippen LogP contribution in [-0.2, 0) is 50.2 Å². The first-order valence-corrected chi connectivity index (χ1v) is 20.4. The number of anilines is 1. The molecule has 3 atom stereocenters. The van der Waals surface area contributed by atoms with Crippen LogP contribution in [0.3, 0.4) is 0 Å². The summed E-state index contributed by atoms with van der Waals surface area (Å²) in [5, 5.41) is 5.30. The number of rotatable bonds is 25. The van der Waals surface area contributed by atoms with Crippen molar-refractivity contribution in [2.24, 2.45) is 34.8 Å². The van der Waals surface area contributed by atoms with Gasteiger partial charge in [-0.05, 0) is 88.3 Å². The van der Waals surface area contributed by atoms with Gasteiger partial charge in [0.05, 0.1) is 11.2 Å². The summed E-state index contributed by atoms with van der Waals surface area (Å²) in [6, 6.07) is 6.02. The van der Waals surface area contributed by atoms with Crippen molar-refractivity contribution in [3.8, 4) is 0 Å². The highest BCUT2D eigenvalue weighted by atomic mass is 32.2. The molecule has 0 radical (unpaired) electrons. The van der Waals surface area contributed by atoms with E-state index in [2.05, 4.69) is 10.6 Å². The van der Waals surface area contributed by atoms with Gasteiger partial charge in [-0.3, -0.25) is 38.2 Å². The number of imide groups is 1. The Hall–Kier alpha value is -4.44. The predicted octanol–water partition coefficient (Wildman–Crippen LogP) is 4.74. The molecule has 0 fully saturated rings. The number of carbonyl (C=O) groups excluding carboxylic acids is 7. The van der Waals surface area contributed by atoms with Gasteiger partial charge in [0.1, 0.15) is 18.2 Å². The van der Waals surface area contributed by atoms with Gasteiger partial charge in [0.2, 0.25) is 5.91 Å². The molecule has 5 N–H and O–H groups in total. The van der Waals surface area contributed by atoms with Crippen LogP contribution in [0.4, 0.5) is 10.5 Å². The minimum Gasteiger partial charge on any atom is -0.460 e. The Morgan fingerprint density at radius 1 is 0.873 bits per heavy atom. The Morgan fingerprint density at radius 2 is 1.49 bits per heavy atom. The number of ketones is 2. The molecule has 306 valence electrons. The third-order valence-electron chi connectivity index (χ3n) is 9.45. The summed E-state index contributed by atoms with van der Waals surface area (Å²) in [7, 11) is -4.46. The lowest BCUT2D eigenvalue weighted by Crippen LogP contribution is -2.32. The van der Waals surface area contributed by atoms with Crippen LogP contribution in [0.15, 0.2) is 36.4 Å². The first-order chi connectivity index (χ1) is 25.7. The predicted molar refractivity (Wildman–Crippen MR) is 206 cm³/mol. The van der Waals surface area contributed by atoms with Crippen molar-refractivity contribution < 1.29 is 51.3 Å². The molecule has 16 heteroatoms. The maximum Gasteiger partial charge on any atom is 0.312 e. The van der Waals surface area contributed by atoms with E-state index in [-0.39, 0.29) is 93.5 Å². The lowest BCUT2D eigenvalue weighted by Gasteiger charge is -2.29. The van der Waals surface area contributed by atoms with Crippen LogP contribution in [0.25, 0.3) is 0 Å². The molecule has 0 unspecified atom stereocenters. The summed E-state index contributed by atoms with van der Waals surface area (Å²) in [6.45, 7) is 9.48. The van der Waals surface area contributed by atoms with Crippen LogP contribution in [0.2, 0.25) is 0 Å². The normalized spacial score (nSPS) is 14.8. The van der Waals surface area contributed by atoms with E-state index in [0.29, 0.717) is 31.4 Å². The van der Waals surface area contributed by atoms with Gasteiger partial charge in [-0.1, -0.05) is 32.4 Å². The molecule has 0 bridgehead atoms. The Labute approximate surface area is 324 Å². The standard InChI is InChI=1S/C39H58N4O11S/c1-26(2)33(29(25-55(51,52)53)23-31(44)11-7-6-8-21-43-34(46)18-19-35(43)47)17-16-32(45)22-28(10-9-20-41-38(40)50)36(48)42-30-14-12-27(13-15-30)24-54-37(49)39(3,4)5/h12-15,18-19,26,28-29,33H,6-11,16-17,20-25H2,1-5H3,(H,42,48)(H3,40,41,50)(H,51,52,53)/t28-,29+,33-/m1/s1. The Kier molecular flexibility index (Phi) is 18.9. The molecule has 1 aromatic carbocycles. The average molecular weight is 791 g/mol. The van der Waals surface area contributed by atoms with Crippen molar-refractivity contribution in [2.45, 2.75) is 105 Å². The monoisotopic (exact) mass is 790 g/mol. The zero-order valence-corrected chi connectivity index (χ0v) is 33.5. The average Bonchev–Trinajstić information content (AvgIpc) is 3.39. The van der Waals surface area contributed by atoms with Crippen molar-refractivity contribution in [3.05, 3.63) is 42.0 Å². The van der Waals surface area contributed by atoms with Crippen LogP contribution >= 0.6 is 0 Å². The second kappa shape index (κ2) is 22.2. The molecule has 1 aliphatic rings. The van der Waals surface area contributed by atoms with Gasteiger partial charge in [-0.25, -0.2) is 4.79 Å². The number of amides is 5. The SMILES string of the molecule is CC(C)[C@@H](CCC(=O)C[C@@H](CCCNC(N)=O)C(=O)Nc1ccc(COC(=O)C(C)(C)C)cc1)[C@@H](CC(=O)CCCCCN1C(=O)C=CC1=O)CS(=O)(=O)O. The van der Waals surface area contributed by atoms with E-state index in [1.165, 1.54) is 12.2 Å². The van der Waals surface area contributed by atoms with Crippen LogP contribution in [-0.4, -0.2) is 78.0 Å². The number of Topliss-reactive ketones (excluding diaryl/α,β-unsaturated/α-hetero) is 2. The van der Waals surface area contributed by atoms with Gasteiger partial charge in [-0.15, -0.1) is 0 Å². The highest BCUT2D eigenvalue weighted by Gasteiger charge is 2.32. The molecule has 1 aliphatic heterocycles. The molecular weight excluding hydrogens is 733 g/mol. The number of nitrogens with two attached hydrogens (primary N) is 1. The number of ether oxygens (including phenoxy) is 1. The van der Waals surface area contributed by atoms with Crippen molar-refractivity contribution in [1.29, 1.82) is 0 Å². The third-order valence-corrected chi connectivity index (χ3v) is 10.3. The summed E-state index contributed by atoms with van der Waals surface area (Å²) in [5.41, 5.74) is 5.71. The largest absolute Gasteiger partial charge is 0.460 e. The molecule has 0 saturated carbocycles. The molecule has 0 aromatic heterocycles. The number of hydrogen-bond donors (Lipinski definition) is 4. The van der Waals surface area contributed by atoms with E-state index < -0.39 is 51.0 Å². The maximum absolute atomic E-state index is 13.4.